The highest BCUT2D eigenvalue weighted by Crippen LogP contribution is 2.31. The molecule has 1 aliphatic rings. The van der Waals surface area contributed by atoms with E-state index in [9.17, 15) is 9.59 Å². The number of halogens is 2. The number of nitrogens with one attached hydrogen (secondary N) is 1. The van der Waals surface area contributed by atoms with Gasteiger partial charge in [-0.3, -0.25) is 15.0 Å². The van der Waals surface area contributed by atoms with E-state index < -0.39 is 5.91 Å². The van der Waals surface area contributed by atoms with Gasteiger partial charge in [0.25, 0.3) is 11.8 Å². The zero-order valence-corrected chi connectivity index (χ0v) is 16.5. The van der Waals surface area contributed by atoms with Crippen molar-refractivity contribution in [2.75, 3.05) is 0 Å². The summed E-state index contributed by atoms with van der Waals surface area (Å²) in [5.41, 5.74) is 3.77. The Morgan fingerprint density at radius 2 is 1.96 bits per heavy atom. The molecule has 0 radical (unpaired) electrons. The lowest BCUT2D eigenvalue weighted by Gasteiger charge is -2.15. The highest BCUT2D eigenvalue weighted by molar-refractivity contribution is 9.10. The highest BCUT2D eigenvalue weighted by atomic mass is 79.9. The van der Waals surface area contributed by atoms with Crippen molar-refractivity contribution in [3.63, 3.8) is 0 Å². The molecule has 0 aromatic heterocycles. The molecule has 25 heavy (non-hydrogen) atoms. The molecule has 1 fully saturated rings. The van der Waals surface area contributed by atoms with Crippen molar-refractivity contribution in [1.82, 2.24) is 10.4 Å². The van der Waals surface area contributed by atoms with E-state index in [2.05, 4.69) is 21.4 Å². The first-order chi connectivity index (χ1) is 11.9. The van der Waals surface area contributed by atoms with Gasteiger partial charge in [-0.1, -0.05) is 51.4 Å². The zero-order chi connectivity index (χ0) is 18.0. The molecule has 126 valence electrons. The van der Waals surface area contributed by atoms with Gasteiger partial charge in [-0.2, -0.15) is 5.01 Å². The SMILES string of the molecule is O=C(NN1C(=O)/C(=C\c2cccc(Br)c2)SC1=S)c1ccc(Cl)cc1. The number of carbonyl (C=O) groups is 2. The van der Waals surface area contributed by atoms with Crippen LogP contribution in [0.1, 0.15) is 15.9 Å². The quantitative estimate of drug-likeness (QED) is 0.543. The molecule has 1 aliphatic heterocycles. The molecule has 3 rings (SSSR count). The summed E-state index contributed by atoms with van der Waals surface area (Å²) in [5.74, 6) is -0.797. The minimum Gasteiger partial charge on any atom is -0.267 e. The Balaban J connectivity index is 1.77. The fourth-order valence-corrected chi connectivity index (χ4v) is 3.80. The van der Waals surface area contributed by atoms with Crippen LogP contribution in [0.4, 0.5) is 0 Å². The van der Waals surface area contributed by atoms with Gasteiger partial charge in [0, 0.05) is 15.1 Å². The first kappa shape index (κ1) is 18.1. The lowest BCUT2D eigenvalue weighted by Crippen LogP contribution is -2.44. The highest BCUT2D eigenvalue weighted by Gasteiger charge is 2.33. The van der Waals surface area contributed by atoms with Crippen molar-refractivity contribution < 1.29 is 9.59 Å². The molecule has 0 bridgehead atoms. The molecule has 2 amide bonds. The number of rotatable bonds is 3. The van der Waals surface area contributed by atoms with E-state index in [4.69, 9.17) is 23.8 Å². The molecule has 0 aliphatic carbocycles. The van der Waals surface area contributed by atoms with E-state index >= 15 is 0 Å². The summed E-state index contributed by atoms with van der Waals surface area (Å²) in [6, 6.07) is 13.9. The summed E-state index contributed by atoms with van der Waals surface area (Å²) in [6.45, 7) is 0. The van der Waals surface area contributed by atoms with Gasteiger partial charge in [-0.15, -0.1) is 0 Å². The van der Waals surface area contributed by atoms with Gasteiger partial charge in [-0.25, -0.2) is 0 Å². The molecule has 8 heteroatoms. The molecule has 0 saturated carbocycles. The molecule has 0 unspecified atom stereocenters. The smallest absolute Gasteiger partial charge is 0.267 e. The van der Waals surface area contributed by atoms with E-state index in [0.717, 1.165) is 26.8 Å². The second-order valence-electron chi connectivity index (χ2n) is 5.02. The Hall–Kier alpha value is -1.67. The summed E-state index contributed by atoms with van der Waals surface area (Å²) in [7, 11) is 0. The number of benzene rings is 2. The van der Waals surface area contributed by atoms with E-state index in [0.29, 0.717) is 15.5 Å². The van der Waals surface area contributed by atoms with Gasteiger partial charge in [0.15, 0.2) is 4.32 Å². The summed E-state index contributed by atoms with van der Waals surface area (Å²) in [4.78, 5) is 25.2. The lowest BCUT2D eigenvalue weighted by atomic mass is 10.2. The number of hydrazine groups is 1. The van der Waals surface area contributed by atoms with Gasteiger partial charge in [-0.05, 0) is 60.3 Å². The van der Waals surface area contributed by atoms with Crippen molar-refractivity contribution in [2.45, 2.75) is 0 Å². The maximum absolute atomic E-state index is 12.5. The second-order valence-corrected chi connectivity index (χ2v) is 8.05. The monoisotopic (exact) mass is 452 g/mol. The minimum atomic E-state index is -0.434. The van der Waals surface area contributed by atoms with E-state index in [-0.39, 0.29) is 10.2 Å². The van der Waals surface area contributed by atoms with Crippen LogP contribution in [0.15, 0.2) is 57.9 Å². The first-order valence-electron chi connectivity index (χ1n) is 7.04. The summed E-state index contributed by atoms with van der Waals surface area (Å²) >= 11 is 15.5. The third-order valence-electron chi connectivity index (χ3n) is 3.26. The Labute approximate surface area is 167 Å². The van der Waals surface area contributed by atoms with Crippen LogP contribution in [-0.4, -0.2) is 21.1 Å². The fraction of sp³-hybridized carbons (Fsp3) is 0. The van der Waals surface area contributed by atoms with Crippen LogP contribution in [-0.2, 0) is 4.79 Å². The first-order valence-corrected chi connectivity index (χ1v) is 9.44. The molecular weight excluding hydrogens is 444 g/mol. The van der Waals surface area contributed by atoms with Crippen LogP contribution in [0.2, 0.25) is 5.02 Å². The standard InChI is InChI=1S/C17H10BrClN2O2S2/c18-12-3-1-2-10(8-12)9-14-16(23)21(17(24)25-14)20-15(22)11-4-6-13(19)7-5-11/h1-9H,(H,20,22)/b14-9+. The second kappa shape index (κ2) is 7.70. The number of amides is 2. The average Bonchev–Trinajstić information content (AvgIpc) is 2.83. The van der Waals surface area contributed by atoms with Crippen molar-refractivity contribution in [2.24, 2.45) is 0 Å². The van der Waals surface area contributed by atoms with Crippen LogP contribution in [0.5, 0.6) is 0 Å². The van der Waals surface area contributed by atoms with Crippen molar-refractivity contribution >= 4 is 73.7 Å². The molecule has 4 nitrogen and oxygen atoms in total. The number of hydrogen-bond acceptors (Lipinski definition) is 4. The Morgan fingerprint density at radius 1 is 1.24 bits per heavy atom. The predicted molar refractivity (Wildman–Crippen MR) is 108 cm³/mol. The van der Waals surface area contributed by atoms with E-state index in [1.54, 1.807) is 30.3 Å². The number of thioether (sulfide) groups is 1. The zero-order valence-electron chi connectivity index (χ0n) is 12.5. The van der Waals surface area contributed by atoms with Gasteiger partial charge >= 0.3 is 0 Å². The molecule has 0 spiro atoms. The van der Waals surface area contributed by atoms with Crippen LogP contribution < -0.4 is 5.43 Å². The van der Waals surface area contributed by atoms with Gasteiger partial charge < -0.3 is 0 Å². The van der Waals surface area contributed by atoms with E-state index in [1.165, 1.54) is 0 Å². The summed E-state index contributed by atoms with van der Waals surface area (Å²) in [6.07, 6.45) is 1.73. The molecule has 1 heterocycles. The van der Waals surface area contributed by atoms with Crippen molar-refractivity contribution in [3.05, 3.63) is 74.1 Å². The van der Waals surface area contributed by atoms with Gasteiger partial charge in [0.2, 0.25) is 0 Å². The summed E-state index contributed by atoms with van der Waals surface area (Å²) < 4.78 is 1.18. The largest absolute Gasteiger partial charge is 0.285 e. The van der Waals surface area contributed by atoms with Gasteiger partial charge in [0.05, 0.1) is 4.91 Å². The average molecular weight is 454 g/mol. The topological polar surface area (TPSA) is 49.4 Å². The Morgan fingerprint density at radius 3 is 2.64 bits per heavy atom. The Bertz CT molecular complexity index is 900. The maximum Gasteiger partial charge on any atom is 0.285 e. The molecule has 1 saturated heterocycles. The molecular formula is C17H10BrClN2O2S2. The maximum atomic E-state index is 12.5. The van der Waals surface area contributed by atoms with Crippen LogP contribution in [0.3, 0.4) is 0 Å². The number of hydrogen-bond donors (Lipinski definition) is 1. The Kier molecular flexibility index (Phi) is 5.58. The van der Waals surface area contributed by atoms with Crippen LogP contribution in [0.25, 0.3) is 6.08 Å². The fourth-order valence-electron chi connectivity index (χ4n) is 2.08. The van der Waals surface area contributed by atoms with Gasteiger partial charge in [0.1, 0.15) is 0 Å². The molecule has 2 aromatic carbocycles. The minimum absolute atomic E-state index is 0.272. The molecule has 2 aromatic rings. The number of thiocarbonyl (C=S) groups is 1. The van der Waals surface area contributed by atoms with Crippen molar-refractivity contribution in [1.29, 1.82) is 0 Å². The normalized spacial score (nSPS) is 15.8. The van der Waals surface area contributed by atoms with Crippen LogP contribution in [0, 0.1) is 0 Å². The van der Waals surface area contributed by atoms with E-state index in [1.807, 2.05) is 24.3 Å². The molecule has 0 atom stereocenters. The number of carbonyl (C=O) groups excluding carboxylic acids is 2. The third-order valence-corrected chi connectivity index (χ3v) is 5.31. The predicted octanol–water partition coefficient (Wildman–Crippen LogP) is 4.65. The lowest BCUT2D eigenvalue weighted by molar-refractivity contribution is -0.123. The van der Waals surface area contributed by atoms with Crippen molar-refractivity contribution in [3.8, 4) is 0 Å². The number of nitrogens with zero attached hydrogens (tertiary/aromatic N) is 1. The third kappa shape index (κ3) is 4.30. The molecule has 1 N–H and O–H groups in total. The van der Waals surface area contributed by atoms with Crippen LogP contribution >= 0.6 is 51.5 Å². The summed E-state index contributed by atoms with van der Waals surface area (Å²) in [5, 5.41) is 1.61.